The first-order valence-corrected chi connectivity index (χ1v) is 6.13. The number of hydrogen-bond acceptors (Lipinski definition) is 3. The van der Waals surface area contributed by atoms with E-state index in [2.05, 4.69) is 0 Å². The van der Waals surface area contributed by atoms with Crippen LogP contribution in [0.1, 0.15) is 44.6 Å². The third-order valence-electron chi connectivity index (χ3n) is 2.82. The van der Waals surface area contributed by atoms with Gasteiger partial charge in [-0.25, -0.2) is 0 Å². The zero-order valence-electron chi connectivity index (χ0n) is 10.8. The SMILES string of the molecule is CCC(C(=O)CC(=O)CC(C)=O)c1ccccc1. The fourth-order valence-electron chi connectivity index (χ4n) is 1.99. The van der Waals surface area contributed by atoms with Crippen molar-refractivity contribution in [1.29, 1.82) is 0 Å². The normalized spacial score (nSPS) is 11.9. The molecule has 3 nitrogen and oxygen atoms in total. The summed E-state index contributed by atoms with van der Waals surface area (Å²) in [6.07, 6.45) is 0.375. The Morgan fingerprint density at radius 2 is 1.67 bits per heavy atom. The largest absolute Gasteiger partial charge is 0.300 e. The van der Waals surface area contributed by atoms with Crippen LogP contribution in [-0.4, -0.2) is 17.3 Å². The average molecular weight is 246 g/mol. The predicted molar refractivity (Wildman–Crippen MR) is 69.4 cm³/mol. The van der Waals surface area contributed by atoms with E-state index in [1.54, 1.807) is 0 Å². The molecule has 0 bridgehead atoms. The number of carbonyl (C=O) groups excluding carboxylic acids is 3. The molecular weight excluding hydrogens is 228 g/mol. The minimum absolute atomic E-state index is 0.102. The molecule has 0 fully saturated rings. The summed E-state index contributed by atoms with van der Waals surface area (Å²) in [5.41, 5.74) is 0.931. The fourth-order valence-corrected chi connectivity index (χ4v) is 1.99. The predicted octanol–water partition coefficient (Wildman–Crippen LogP) is 2.69. The first-order chi connectivity index (χ1) is 8.54. The molecule has 18 heavy (non-hydrogen) atoms. The number of benzene rings is 1. The molecule has 1 atom stereocenters. The molecule has 0 N–H and O–H groups in total. The highest BCUT2D eigenvalue weighted by Gasteiger charge is 2.21. The van der Waals surface area contributed by atoms with Crippen LogP contribution in [0.15, 0.2) is 30.3 Å². The molecule has 0 saturated carbocycles. The minimum atomic E-state index is -0.290. The molecule has 0 aliphatic carbocycles. The van der Waals surface area contributed by atoms with Crippen LogP contribution in [0, 0.1) is 0 Å². The standard InChI is InChI=1S/C15H18O3/c1-3-14(12-7-5-4-6-8-12)15(18)10-13(17)9-11(2)16/h4-8,14H,3,9-10H2,1-2H3. The molecule has 1 unspecified atom stereocenters. The van der Waals surface area contributed by atoms with Gasteiger partial charge in [0.25, 0.3) is 0 Å². The lowest BCUT2D eigenvalue weighted by Gasteiger charge is -2.13. The molecule has 0 saturated heterocycles. The molecule has 0 aliphatic heterocycles. The number of rotatable bonds is 7. The van der Waals surface area contributed by atoms with Crippen LogP contribution in [0.25, 0.3) is 0 Å². The van der Waals surface area contributed by atoms with Crippen LogP contribution in [0.5, 0.6) is 0 Å². The number of carbonyl (C=O) groups is 3. The van der Waals surface area contributed by atoms with E-state index in [4.69, 9.17) is 0 Å². The van der Waals surface area contributed by atoms with E-state index in [1.807, 2.05) is 37.3 Å². The Morgan fingerprint density at radius 1 is 1.06 bits per heavy atom. The minimum Gasteiger partial charge on any atom is -0.300 e. The van der Waals surface area contributed by atoms with E-state index in [0.29, 0.717) is 6.42 Å². The van der Waals surface area contributed by atoms with Gasteiger partial charge in [0.2, 0.25) is 0 Å². The summed E-state index contributed by atoms with van der Waals surface area (Å²) in [5.74, 6) is -0.834. The maximum atomic E-state index is 12.0. The Balaban J connectivity index is 2.69. The van der Waals surface area contributed by atoms with Crippen molar-refractivity contribution < 1.29 is 14.4 Å². The first kappa shape index (κ1) is 14.3. The molecule has 0 aromatic heterocycles. The lowest BCUT2D eigenvalue weighted by Crippen LogP contribution is -2.17. The van der Waals surface area contributed by atoms with Crippen molar-refractivity contribution in [3.63, 3.8) is 0 Å². The van der Waals surface area contributed by atoms with E-state index in [0.717, 1.165) is 5.56 Å². The second-order valence-electron chi connectivity index (χ2n) is 4.43. The van der Waals surface area contributed by atoms with Gasteiger partial charge in [-0.1, -0.05) is 37.3 Å². The summed E-state index contributed by atoms with van der Waals surface area (Å²) >= 11 is 0. The van der Waals surface area contributed by atoms with Crippen molar-refractivity contribution in [2.45, 2.75) is 39.0 Å². The van der Waals surface area contributed by atoms with Gasteiger partial charge in [-0.15, -0.1) is 0 Å². The third-order valence-corrected chi connectivity index (χ3v) is 2.82. The summed E-state index contributed by atoms with van der Waals surface area (Å²) in [4.78, 5) is 34.3. The lowest BCUT2D eigenvalue weighted by molar-refractivity contribution is -0.130. The number of hydrogen-bond donors (Lipinski definition) is 0. The lowest BCUT2D eigenvalue weighted by atomic mass is 9.89. The van der Waals surface area contributed by atoms with Gasteiger partial charge in [0.15, 0.2) is 0 Å². The Hall–Kier alpha value is -1.77. The average Bonchev–Trinajstić information content (AvgIpc) is 2.29. The molecule has 0 amide bonds. The van der Waals surface area contributed by atoms with Crippen molar-refractivity contribution in [3.05, 3.63) is 35.9 Å². The quantitative estimate of drug-likeness (QED) is 0.695. The van der Waals surface area contributed by atoms with Crippen LogP contribution in [0.3, 0.4) is 0 Å². The molecule has 0 radical (unpaired) electrons. The number of ketones is 3. The summed E-state index contributed by atoms with van der Waals surface area (Å²) in [6.45, 7) is 3.28. The molecule has 1 aromatic rings. The van der Waals surface area contributed by atoms with E-state index in [1.165, 1.54) is 6.92 Å². The summed E-state index contributed by atoms with van der Waals surface area (Å²) in [5, 5.41) is 0. The van der Waals surface area contributed by atoms with Gasteiger partial charge >= 0.3 is 0 Å². The van der Waals surface area contributed by atoms with Crippen molar-refractivity contribution >= 4 is 17.3 Å². The van der Waals surface area contributed by atoms with Crippen molar-refractivity contribution in [2.24, 2.45) is 0 Å². The molecule has 1 rings (SSSR count). The van der Waals surface area contributed by atoms with Crippen LogP contribution in [-0.2, 0) is 14.4 Å². The van der Waals surface area contributed by atoms with Crippen LogP contribution < -0.4 is 0 Å². The Kier molecular flexibility index (Phi) is 5.43. The van der Waals surface area contributed by atoms with E-state index in [9.17, 15) is 14.4 Å². The smallest absolute Gasteiger partial charge is 0.147 e. The Morgan fingerprint density at radius 3 is 2.17 bits per heavy atom. The van der Waals surface area contributed by atoms with Gasteiger partial charge in [-0.05, 0) is 18.9 Å². The van der Waals surface area contributed by atoms with Gasteiger partial charge in [-0.3, -0.25) is 14.4 Å². The van der Waals surface area contributed by atoms with Crippen molar-refractivity contribution in [2.75, 3.05) is 0 Å². The maximum Gasteiger partial charge on any atom is 0.147 e. The highest BCUT2D eigenvalue weighted by molar-refractivity contribution is 6.08. The molecule has 3 heteroatoms. The van der Waals surface area contributed by atoms with Gasteiger partial charge in [0, 0.05) is 5.92 Å². The molecule has 96 valence electrons. The topological polar surface area (TPSA) is 51.2 Å². The van der Waals surface area contributed by atoms with Gasteiger partial charge in [0.1, 0.15) is 17.3 Å². The summed E-state index contributed by atoms with van der Waals surface area (Å²) in [7, 11) is 0. The molecule has 0 aliphatic rings. The first-order valence-electron chi connectivity index (χ1n) is 6.13. The monoisotopic (exact) mass is 246 g/mol. The molecule has 1 aromatic carbocycles. The third kappa shape index (κ3) is 4.24. The second kappa shape index (κ2) is 6.84. The number of Topliss-reactive ketones (excluding diaryl/α,β-unsaturated/α-hetero) is 3. The van der Waals surface area contributed by atoms with Crippen molar-refractivity contribution in [3.8, 4) is 0 Å². The maximum absolute atomic E-state index is 12.0. The van der Waals surface area contributed by atoms with E-state index < -0.39 is 0 Å². The molecular formula is C15H18O3. The highest BCUT2D eigenvalue weighted by Crippen LogP contribution is 2.21. The van der Waals surface area contributed by atoms with Gasteiger partial charge < -0.3 is 0 Å². The molecule has 0 spiro atoms. The van der Waals surface area contributed by atoms with Crippen LogP contribution in [0.4, 0.5) is 0 Å². The van der Waals surface area contributed by atoms with Gasteiger partial charge in [-0.2, -0.15) is 0 Å². The van der Waals surface area contributed by atoms with Crippen LogP contribution >= 0.6 is 0 Å². The molecule has 0 heterocycles. The fraction of sp³-hybridized carbons (Fsp3) is 0.400. The highest BCUT2D eigenvalue weighted by atomic mass is 16.2. The van der Waals surface area contributed by atoms with E-state index in [-0.39, 0.29) is 36.1 Å². The Bertz CT molecular complexity index is 434. The van der Waals surface area contributed by atoms with Crippen molar-refractivity contribution in [1.82, 2.24) is 0 Å². The van der Waals surface area contributed by atoms with Gasteiger partial charge in [0.05, 0.1) is 12.8 Å². The second-order valence-corrected chi connectivity index (χ2v) is 4.43. The zero-order chi connectivity index (χ0) is 13.5. The van der Waals surface area contributed by atoms with E-state index >= 15 is 0 Å². The zero-order valence-corrected chi connectivity index (χ0v) is 10.8. The van der Waals surface area contributed by atoms with Crippen LogP contribution in [0.2, 0.25) is 0 Å². The summed E-state index contributed by atoms with van der Waals surface area (Å²) < 4.78 is 0. The Labute approximate surface area is 107 Å². The summed E-state index contributed by atoms with van der Waals surface area (Å²) in [6, 6.07) is 9.43.